The summed E-state index contributed by atoms with van der Waals surface area (Å²) in [5.74, 6) is -0.185. The highest BCUT2D eigenvalue weighted by molar-refractivity contribution is 5.96. The van der Waals surface area contributed by atoms with E-state index >= 15 is 0 Å². The fourth-order valence-electron chi connectivity index (χ4n) is 3.28. The third kappa shape index (κ3) is 3.55. The van der Waals surface area contributed by atoms with E-state index in [-0.39, 0.29) is 17.9 Å². The van der Waals surface area contributed by atoms with Crippen LogP contribution >= 0.6 is 0 Å². The van der Waals surface area contributed by atoms with Crippen molar-refractivity contribution in [3.8, 4) is 0 Å². The summed E-state index contributed by atoms with van der Waals surface area (Å²) in [4.78, 5) is 33.3. The van der Waals surface area contributed by atoms with Gasteiger partial charge in [0.25, 0.3) is 5.91 Å². The van der Waals surface area contributed by atoms with Gasteiger partial charge in [-0.1, -0.05) is 36.4 Å². The van der Waals surface area contributed by atoms with Crippen molar-refractivity contribution in [1.29, 1.82) is 0 Å². The van der Waals surface area contributed by atoms with Gasteiger partial charge in [-0.3, -0.25) is 14.6 Å². The number of pyridine rings is 1. The molecule has 2 aromatic rings. The minimum Gasteiger partial charge on any atom is -0.337 e. The molecule has 1 fully saturated rings. The van der Waals surface area contributed by atoms with Gasteiger partial charge in [0.15, 0.2) is 0 Å². The van der Waals surface area contributed by atoms with Crippen LogP contribution in [0.25, 0.3) is 0 Å². The smallest absolute Gasteiger partial charge is 0.273 e. The molecule has 1 aromatic carbocycles. The van der Waals surface area contributed by atoms with E-state index in [2.05, 4.69) is 4.98 Å². The number of nitrogens with zero attached hydrogens (tertiary/aromatic N) is 3. The minimum absolute atomic E-state index is 0.0156. The third-order valence-electron chi connectivity index (χ3n) is 4.89. The Labute approximate surface area is 148 Å². The van der Waals surface area contributed by atoms with Gasteiger partial charge < -0.3 is 9.80 Å². The molecule has 5 heteroatoms. The lowest BCUT2D eigenvalue weighted by Gasteiger charge is -2.31. The fraction of sp³-hybridized carbons (Fsp3) is 0.350. The maximum atomic E-state index is 13.0. The molecule has 25 heavy (non-hydrogen) atoms. The van der Waals surface area contributed by atoms with Gasteiger partial charge in [-0.15, -0.1) is 0 Å². The van der Waals surface area contributed by atoms with Crippen molar-refractivity contribution in [3.05, 3.63) is 66.0 Å². The number of carbonyl (C=O) groups is 2. The average molecular weight is 337 g/mol. The summed E-state index contributed by atoms with van der Waals surface area (Å²) >= 11 is 0. The predicted molar refractivity (Wildman–Crippen MR) is 95.9 cm³/mol. The molecule has 1 aliphatic heterocycles. The summed E-state index contributed by atoms with van der Waals surface area (Å²) in [6, 6.07) is 14.7. The number of benzene rings is 1. The number of amides is 2. The molecule has 0 radical (unpaired) electrons. The molecule has 1 saturated heterocycles. The summed E-state index contributed by atoms with van der Waals surface area (Å²) in [7, 11) is 1.81. The van der Waals surface area contributed by atoms with Crippen LogP contribution in [0.3, 0.4) is 0 Å². The van der Waals surface area contributed by atoms with Crippen molar-refractivity contribution in [1.82, 2.24) is 14.8 Å². The van der Waals surface area contributed by atoms with Crippen molar-refractivity contribution >= 4 is 11.8 Å². The lowest BCUT2D eigenvalue weighted by atomic mass is 10.1. The van der Waals surface area contributed by atoms with Gasteiger partial charge in [0.1, 0.15) is 11.7 Å². The molecule has 130 valence electrons. The van der Waals surface area contributed by atoms with Crippen molar-refractivity contribution in [2.45, 2.75) is 31.8 Å². The first-order valence-electron chi connectivity index (χ1n) is 8.63. The SMILES string of the molecule is C[C@H](c1ccccc1)N(C)C(=O)[C@@H]1CCCN1C(=O)c1ccccn1. The Balaban J connectivity index is 1.75. The van der Waals surface area contributed by atoms with E-state index in [4.69, 9.17) is 0 Å². The number of hydrogen-bond donors (Lipinski definition) is 0. The average Bonchev–Trinajstić information content (AvgIpc) is 3.16. The van der Waals surface area contributed by atoms with Gasteiger partial charge in [-0.25, -0.2) is 0 Å². The molecule has 3 rings (SSSR count). The zero-order chi connectivity index (χ0) is 17.8. The highest BCUT2D eigenvalue weighted by atomic mass is 16.2. The number of rotatable bonds is 4. The van der Waals surface area contributed by atoms with E-state index in [0.717, 1.165) is 12.0 Å². The molecular weight excluding hydrogens is 314 g/mol. The Morgan fingerprint density at radius 1 is 1.16 bits per heavy atom. The summed E-state index contributed by atoms with van der Waals surface area (Å²) in [5.41, 5.74) is 1.47. The Kier molecular flexibility index (Phi) is 5.12. The van der Waals surface area contributed by atoms with Crippen LogP contribution in [0.2, 0.25) is 0 Å². The quantitative estimate of drug-likeness (QED) is 0.862. The van der Waals surface area contributed by atoms with E-state index < -0.39 is 6.04 Å². The normalized spacial score (nSPS) is 18.0. The number of carbonyl (C=O) groups excluding carboxylic acids is 2. The van der Waals surface area contributed by atoms with Gasteiger partial charge >= 0.3 is 0 Å². The summed E-state index contributed by atoms with van der Waals surface area (Å²) in [6.45, 7) is 2.60. The largest absolute Gasteiger partial charge is 0.337 e. The predicted octanol–water partition coefficient (Wildman–Crippen LogP) is 2.91. The molecule has 1 aliphatic rings. The highest BCUT2D eigenvalue weighted by Gasteiger charge is 2.37. The summed E-state index contributed by atoms with van der Waals surface area (Å²) in [5, 5.41) is 0. The highest BCUT2D eigenvalue weighted by Crippen LogP contribution is 2.25. The van der Waals surface area contributed by atoms with E-state index in [0.29, 0.717) is 18.7 Å². The zero-order valence-corrected chi connectivity index (χ0v) is 14.6. The lowest BCUT2D eigenvalue weighted by Crippen LogP contribution is -2.47. The number of hydrogen-bond acceptors (Lipinski definition) is 3. The molecule has 5 nitrogen and oxygen atoms in total. The van der Waals surface area contributed by atoms with Gasteiger partial charge in [-0.2, -0.15) is 0 Å². The van der Waals surface area contributed by atoms with Crippen LogP contribution in [0.4, 0.5) is 0 Å². The monoisotopic (exact) mass is 337 g/mol. The van der Waals surface area contributed by atoms with Crippen LogP contribution < -0.4 is 0 Å². The first-order chi connectivity index (χ1) is 12.1. The molecule has 2 heterocycles. The first-order valence-corrected chi connectivity index (χ1v) is 8.63. The van der Waals surface area contributed by atoms with E-state index in [1.54, 1.807) is 34.2 Å². The lowest BCUT2D eigenvalue weighted by molar-refractivity contribution is -0.135. The van der Waals surface area contributed by atoms with E-state index in [1.807, 2.05) is 44.3 Å². The van der Waals surface area contributed by atoms with Crippen LogP contribution in [0, 0.1) is 0 Å². The first kappa shape index (κ1) is 17.1. The molecule has 0 saturated carbocycles. The Morgan fingerprint density at radius 3 is 2.56 bits per heavy atom. The minimum atomic E-state index is -0.411. The fourth-order valence-corrected chi connectivity index (χ4v) is 3.28. The second-order valence-electron chi connectivity index (χ2n) is 6.41. The molecule has 1 aromatic heterocycles. The maximum absolute atomic E-state index is 13.0. The van der Waals surface area contributed by atoms with Gasteiger partial charge in [0.2, 0.25) is 5.91 Å². The zero-order valence-electron chi connectivity index (χ0n) is 14.6. The maximum Gasteiger partial charge on any atom is 0.273 e. The van der Waals surface area contributed by atoms with Crippen LogP contribution in [-0.2, 0) is 4.79 Å². The van der Waals surface area contributed by atoms with Crippen LogP contribution in [-0.4, -0.2) is 46.2 Å². The van der Waals surface area contributed by atoms with Crippen molar-refractivity contribution < 1.29 is 9.59 Å². The van der Waals surface area contributed by atoms with Crippen LogP contribution in [0.1, 0.15) is 41.9 Å². The standard InChI is InChI=1S/C20H23N3O2/c1-15(16-9-4-3-5-10-16)22(2)20(25)18-12-8-14-23(18)19(24)17-11-6-7-13-21-17/h3-7,9-11,13,15,18H,8,12,14H2,1-2H3/t15-,18+/m1/s1. The van der Waals surface area contributed by atoms with Crippen LogP contribution in [0.15, 0.2) is 54.7 Å². The molecule has 0 bridgehead atoms. The summed E-state index contributed by atoms with van der Waals surface area (Å²) < 4.78 is 0. The van der Waals surface area contributed by atoms with E-state index in [9.17, 15) is 9.59 Å². The molecule has 2 atom stereocenters. The number of aromatic nitrogens is 1. The van der Waals surface area contributed by atoms with E-state index in [1.165, 1.54) is 0 Å². The molecule has 2 amide bonds. The summed E-state index contributed by atoms with van der Waals surface area (Å²) in [6.07, 6.45) is 3.13. The van der Waals surface area contributed by atoms with Crippen molar-refractivity contribution in [3.63, 3.8) is 0 Å². The topological polar surface area (TPSA) is 53.5 Å². The second-order valence-corrected chi connectivity index (χ2v) is 6.41. The number of likely N-dealkylation sites (tertiary alicyclic amines) is 1. The van der Waals surface area contributed by atoms with Crippen molar-refractivity contribution in [2.24, 2.45) is 0 Å². The molecule has 0 unspecified atom stereocenters. The number of likely N-dealkylation sites (N-methyl/N-ethyl adjacent to an activating group) is 1. The molecular formula is C20H23N3O2. The molecule has 0 spiro atoms. The third-order valence-corrected chi connectivity index (χ3v) is 4.89. The second kappa shape index (κ2) is 7.47. The van der Waals surface area contributed by atoms with Gasteiger partial charge in [0, 0.05) is 19.8 Å². The van der Waals surface area contributed by atoms with Crippen molar-refractivity contribution in [2.75, 3.05) is 13.6 Å². The Morgan fingerprint density at radius 2 is 1.88 bits per heavy atom. The molecule has 0 N–H and O–H groups in total. The van der Waals surface area contributed by atoms with Gasteiger partial charge in [-0.05, 0) is 37.5 Å². The Bertz CT molecular complexity index is 733. The van der Waals surface area contributed by atoms with Crippen LogP contribution in [0.5, 0.6) is 0 Å². The Hall–Kier alpha value is -2.69. The van der Waals surface area contributed by atoms with Gasteiger partial charge in [0.05, 0.1) is 6.04 Å². The molecule has 0 aliphatic carbocycles.